The van der Waals surface area contributed by atoms with Crippen molar-refractivity contribution < 1.29 is 9.90 Å². The Morgan fingerprint density at radius 2 is 2.11 bits per heavy atom. The molecule has 1 amide bonds. The van der Waals surface area contributed by atoms with Gasteiger partial charge in [0.05, 0.1) is 0 Å². The largest absolute Gasteiger partial charge is 0.396 e. The number of anilines is 1. The van der Waals surface area contributed by atoms with Gasteiger partial charge in [-0.25, -0.2) is 0 Å². The summed E-state index contributed by atoms with van der Waals surface area (Å²) in [7, 11) is 0. The Kier molecular flexibility index (Phi) is 4.24. The molecule has 5 heteroatoms. The van der Waals surface area contributed by atoms with E-state index >= 15 is 0 Å². The standard InChI is InChI=1S/C13H17BrN2O2/c1-9-8-16(11-4-2-10(14)3-5-11)12(6-7-17)13(18)15-9/h2-5,9,12,17H,6-8H2,1H3,(H,15,18). The fraction of sp³-hybridized carbons (Fsp3) is 0.462. The van der Waals surface area contributed by atoms with Crippen molar-refractivity contribution in [1.82, 2.24) is 5.32 Å². The predicted molar refractivity (Wildman–Crippen MR) is 74.6 cm³/mol. The average molecular weight is 313 g/mol. The van der Waals surface area contributed by atoms with Crippen LogP contribution in [0.3, 0.4) is 0 Å². The number of aliphatic hydroxyl groups excluding tert-OH is 1. The van der Waals surface area contributed by atoms with Crippen LogP contribution in [-0.4, -0.2) is 36.2 Å². The smallest absolute Gasteiger partial charge is 0.243 e. The monoisotopic (exact) mass is 312 g/mol. The lowest BCUT2D eigenvalue weighted by Crippen LogP contribution is -2.59. The first-order chi connectivity index (χ1) is 8.61. The minimum absolute atomic E-state index is 0.00859. The number of hydrogen-bond donors (Lipinski definition) is 2. The van der Waals surface area contributed by atoms with Crippen LogP contribution in [0.2, 0.25) is 0 Å². The number of nitrogens with one attached hydrogen (secondary N) is 1. The average Bonchev–Trinajstić information content (AvgIpc) is 2.33. The van der Waals surface area contributed by atoms with Gasteiger partial charge in [-0.3, -0.25) is 4.79 Å². The summed E-state index contributed by atoms with van der Waals surface area (Å²) in [6.07, 6.45) is 0.453. The lowest BCUT2D eigenvalue weighted by Gasteiger charge is -2.39. The summed E-state index contributed by atoms with van der Waals surface area (Å²) in [4.78, 5) is 14.0. The van der Waals surface area contributed by atoms with Crippen molar-refractivity contribution in [3.63, 3.8) is 0 Å². The van der Waals surface area contributed by atoms with E-state index in [0.29, 0.717) is 6.42 Å². The Hall–Kier alpha value is -1.07. The number of halogens is 1. The van der Waals surface area contributed by atoms with Gasteiger partial charge in [0, 0.05) is 29.4 Å². The van der Waals surface area contributed by atoms with Crippen LogP contribution < -0.4 is 10.2 Å². The highest BCUT2D eigenvalue weighted by molar-refractivity contribution is 9.10. The maximum Gasteiger partial charge on any atom is 0.243 e. The molecule has 0 aliphatic carbocycles. The molecule has 0 spiro atoms. The number of hydrogen-bond acceptors (Lipinski definition) is 3. The van der Waals surface area contributed by atoms with Crippen LogP contribution in [0.25, 0.3) is 0 Å². The zero-order valence-corrected chi connectivity index (χ0v) is 11.9. The molecule has 1 heterocycles. The summed E-state index contributed by atoms with van der Waals surface area (Å²) >= 11 is 3.40. The minimum Gasteiger partial charge on any atom is -0.396 e. The van der Waals surface area contributed by atoms with Crippen molar-refractivity contribution in [2.75, 3.05) is 18.1 Å². The summed E-state index contributed by atoms with van der Waals surface area (Å²) in [6, 6.07) is 7.73. The summed E-state index contributed by atoms with van der Waals surface area (Å²) < 4.78 is 1.01. The molecule has 1 saturated heterocycles. The number of carbonyl (C=O) groups excluding carboxylic acids is 1. The lowest BCUT2D eigenvalue weighted by atomic mass is 10.0. The molecule has 1 aromatic carbocycles. The third-order valence-corrected chi connectivity index (χ3v) is 3.63. The number of benzene rings is 1. The highest BCUT2D eigenvalue weighted by Gasteiger charge is 2.32. The molecule has 98 valence electrons. The van der Waals surface area contributed by atoms with Crippen molar-refractivity contribution in [3.8, 4) is 0 Å². The van der Waals surface area contributed by atoms with Gasteiger partial charge >= 0.3 is 0 Å². The SMILES string of the molecule is CC1CN(c2ccc(Br)cc2)C(CCO)C(=O)N1. The van der Waals surface area contributed by atoms with Gasteiger partial charge in [0.1, 0.15) is 6.04 Å². The Morgan fingerprint density at radius 3 is 2.72 bits per heavy atom. The summed E-state index contributed by atoms with van der Waals surface area (Å²) in [5.41, 5.74) is 1.01. The van der Waals surface area contributed by atoms with E-state index in [4.69, 9.17) is 5.11 Å². The van der Waals surface area contributed by atoms with Gasteiger partial charge < -0.3 is 15.3 Å². The van der Waals surface area contributed by atoms with E-state index in [9.17, 15) is 4.79 Å². The first-order valence-corrected chi connectivity index (χ1v) is 6.84. The molecule has 2 rings (SSSR count). The molecular formula is C13H17BrN2O2. The number of aliphatic hydroxyl groups is 1. The molecular weight excluding hydrogens is 296 g/mol. The fourth-order valence-electron chi connectivity index (χ4n) is 2.28. The number of carbonyl (C=O) groups is 1. The van der Waals surface area contributed by atoms with Gasteiger partial charge in [-0.05, 0) is 37.6 Å². The molecule has 1 aliphatic rings. The highest BCUT2D eigenvalue weighted by Crippen LogP contribution is 2.23. The van der Waals surface area contributed by atoms with E-state index in [2.05, 4.69) is 26.1 Å². The van der Waals surface area contributed by atoms with Crippen LogP contribution in [0.15, 0.2) is 28.7 Å². The zero-order chi connectivity index (χ0) is 13.1. The Bertz CT molecular complexity index is 422. The van der Waals surface area contributed by atoms with Crippen LogP contribution in [-0.2, 0) is 4.79 Å². The van der Waals surface area contributed by atoms with Crippen molar-refractivity contribution in [3.05, 3.63) is 28.7 Å². The first kappa shape index (κ1) is 13.4. The van der Waals surface area contributed by atoms with Crippen molar-refractivity contribution in [1.29, 1.82) is 0 Å². The van der Waals surface area contributed by atoms with E-state index in [1.54, 1.807) is 0 Å². The Labute approximate surface area is 115 Å². The molecule has 1 aromatic rings. The first-order valence-electron chi connectivity index (χ1n) is 6.05. The molecule has 2 unspecified atom stereocenters. The predicted octanol–water partition coefficient (Wildman–Crippen LogP) is 1.52. The fourth-order valence-corrected chi connectivity index (χ4v) is 2.54. The van der Waals surface area contributed by atoms with Crippen LogP contribution in [0.4, 0.5) is 5.69 Å². The third-order valence-electron chi connectivity index (χ3n) is 3.10. The summed E-state index contributed by atoms with van der Waals surface area (Å²) in [6.45, 7) is 2.76. The molecule has 0 bridgehead atoms. The highest BCUT2D eigenvalue weighted by atomic mass is 79.9. The number of amides is 1. The Morgan fingerprint density at radius 1 is 1.44 bits per heavy atom. The maximum atomic E-state index is 12.0. The van der Waals surface area contributed by atoms with E-state index in [1.807, 2.05) is 31.2 Å². The maximum absolute atomic E-state index is 12.0. The van der Waals surface area contributed by atoms with Crippen LogP contribution >= 0.6 is 15.9 Å². The van der Waals surface area contributed by atoms with E-state index in [1.165, 1.54) is 0 Å². The number of rotatable bonds is 3. The van der Waals surface area contributed by atoms with Crippen LogP contribution in [0.1, 0.15) is 13.3 Å². The molecule has 0 aromatic heterocycles. The minimum atomic E-state index is -0.285. The molecule has 4 nitrogen and oxygen atoms in total. The topological polar surface area (TPSA) is 52.6 Å². The van der Waals surface area contributed by atoms with E-state index in [0.717, 1.165) is 16.7 Å². The van der Waals surface area contributed by atoms with Crippen molar-refractivity contribution >= 4 is 27.5 Å². The molecule has 2 atom stereocenters. The van der Waals surface area contributed by atoms with Gasteiger partial charge in [-0.2, -0.15) is 0 Å². The molecule has 18 heavy (non-hydrogen) atoms. The third kappa shape index (κ3) is 2.84. The quantitative estimate of drug-likeness (QED) is 0.890. The molecule has 0 saturated carbocycles. The van der Waals surface area contributed by atoms with Gasteiger partial charge in [-0.1, -0.05) is 15.9 Å². The second-order valence-corrected chi connectivity index (χ2v) is 5.48. The second kappa shape index (κ2) is 5.71. The van der Waals surface area contributed by atoms with E-state index < -0.39 is 0 Å². The van der Waals surface area contributed by atoms with Gasteiger partial charge in [-0.15, -0.1) is 0 Å². The van der Waals surface area contributed by atoms with E-state index in [-0.39, 0.29) is 24.6 Å². The lowest BCUT2D eigenvalue weighted by molar-refractivity contribution is -0.124. The molecule has 1 aliphatic heterocycles. The van der Waals surface area contributed by atoms with Gasteiger partial charge in [0.2, 0.25) is 5.91 Å². The van der Waals surface area contributed by atoms with Crippen LogP contribution in [0.5, 0.6) is 0 Å². The Balaban J connectivity index is 2.25. The molecule has 2 N–H and O–H groups in total. The van der Waals surface area contributed by atoms with Gasteiger partial charge in [0.15, 0.2) is 0 Å². The normalized spacial score (nSPS) is 23.9. The van der Waals surface area contributed by atoms with Crippen molar-refractivity contribution in [2.45, 2.75) is 25.4 Å². The number of nitrogens with zero attached hydrogens (tertiary/aromatic N) is 1. The summed E-state index contributed by atoms with van der Waals surface area (Å²) in [5.74, 6) is -0.00859. The second-order valence-electron chi connectivity index (χ2n) is 4.57. The number of piperazine rings is 1. The van der Waals surface area contributed by atoms with Crippen molar-refractivity contribution in [2.24, 2.45) is 0 Å². The van der Waals surface area contributed by atoms with Gasteiger partial charge in [0.25, 0.3) is 0 Å². The molecule has 1 fully saturated rings. The van der Waals surface area contributed by atoms with Crippen LogP contribution in [0, 0.1) is 0 Å². The zero-order valence-electron chi connectivity index (χ0n) is 10.3. The molecule has 0 radical (unpaired) electrons. The summed E-state index contributed by atoms with van der Waals surface area (Å²) in [5, 5.41) is 12.0.